The zero-order valence-corrected chi connectivity index (χ0v) is 17.6. The molecule has 2 aromatic heterocycles. The third-order valence-corrected chi connectivity index (χ3v) is 5.42. The van der Waals surface area contributed by atoms with Crippen molar-refractivity contribution >= 4 is 34.4 Å². The number of allylic oxidation sites excluding steroid dienone is 1. The minimum atomic E-state index is -0.486. The van der Waals surface area contributed by atoms with Gasteiger partial charge in [-0.2, -0.15) is 0 Å². The third-order valence-electron chi connectivity index (χ3n) is 5.42. The maximum absolute atomic E-state index is 13.1. The maximum Gasteiger partial charge on any atom is 0.339 e. The summed E-state index contributed by atoms with van der Waals surface area (Å²) in [6, 6.07) is 11.3. The molecule has 160 valence electrons. The minimum Gasteiger partial charge on any atom is -0.465 e. The SMILES string of the molecule is CCCCNC(=O)COC(=O)c1c2c(nc3ccccc13)C(=Cc1ccco1)CCC2. The van der Waals surface area contributed by atoms with Crippen LogP contribution in [0.2, 0.25) is 0 Å². The summed E-state index contributed by atoms with van der Waals surface area (Å²) in [4.78, 5) is 30.0. The van der Waals surface area contributed by atoms with Crippen LogP contribution in [0.5, 0.6) is 0 Å². The van der Waals surface area contributed by atoms with Crippen LogP contribution in [0.1, 0.15) is 60.0 Å². The Hall–Kier alpha value is -3.41. The fourth-order valence-corrected chi connectivity index (χ4v) is 3.91. The zero-order valence-electron chi connectivity index (χ0n) is 17.6. The van der Waals surface area contributed by atoms with Crippen LogP contribution in [-0.2, 0) is 16.0 Å². The molecule has 0 aliphatic heterocycles. The molecule has 0 saturated heterocycles. The number of hydrogen-bond acceptors (Lipinski definition) is 5. The molecule has 3 aromatic rings. The Balaban J connectivity index is 1.68. The molecular weight excluding hydrogens is 392 g/mol. The summed E-state index contributed by atoms with van der Waals surface area (Å²) >= 11 is 0. The van der Waals surface area contributed by atoms with Gasteiger partial charge < -0.3 is 14.5 Å². The van der Waals surface area contributed by atoms with E-state index < -0.39 is 5.97 Å². The van der Waals surface area contributed by atoms with E-state index in [9.17, 15) is 9.59 Å². The van der Waals surface area contributed by atoms with E-state index in [0.717, 1.165) is 65.6 Å². The van der Waals surface area contributed by atoms with Gasteiger partial charge in [-0.05, 0) is 61.1 Å². The lowest BCUT2D eigenvalue weighted by atomic mass is 9.86. The summed E-state index contributed by atoms with van der Waals surface area (Å²) in [6.45, 7) is 2.35. The highest BCUT2D eigenvalue weighted by Crippen LogP contribution is 2.36. The molecular formula is C25H26N2O4. The highest BCUT2D eigenvalue weighted by Gasteiger charge is 2.26. The molecule has 1 amide bonds. The number of pyridine rings is 1. The number of esters is 1. The molecule has 6 nitrogen and oxygen atoms in total. The first-order chi connectivity index (χ1) is 15.2. The van der Waals surface area contributed by atoms with Gasteiger partial charge in [0.1, 0.15) is 5.76 Å². The number of carbonyl (C=O) groups is 2. The highest BCUT2D eigenvalue weighted by atomic mass is 16.5. The van der Waals surface area contributed by atoms with Crippen LogP contribution in [0.15, 0.2) is 47.1 Å². The second-order valence-corrected chi connectivity index (χ2v) is 7.65. The number of hydrogen-bond donors (Lipinski definition) is 1. The van der Waals surface area contributed by atoms with Gasteiger partial charge in [-0.3, -0.25) is 4.79 Å². The van der Waals surface area contributed by atoms with Crippen LogP contribution in [-0.4, -0.2) is 30.0 Å². The van der Waals surface area contributed by atoms with Gasteiger partial charge in [0.15, 0.2) is 6.61 Å². The molecule has 0 saturated carbocycles. The zero-order chi connectivity index (χ0) is 21.6. The largest absolute Gasteiger partial charge is 0.465 e. The van der Waals surface area contributed by atoms with Crippen molar-refractivity contribution in [1.82, 2.24) is 10.3 Å². The number of nitrogens with one attached hydrogen (secondary N) is 1. The molecule has 0 fully saturated rings. The van der Waals surface area contributed by atoms with Crippen LogP contribution in [0.25, 0.3) is 22.6 Å². The first-order valence-electron chi connectivity index (χ1n) is 10.8. The number of fused-ring (bicyclic) bond motifs is 2. The standard InChI is InChI=1S/C25H26N2O4/c1-2-3-13-26-22(28)16-31-25(29)23-19-10-4-5-12-21(19)27-24-17(8-6-11-20(23)24)15-18-9-7-14-30-18/h4-5,7,9-10,12,14-15H,2-3,6,8,11,13,16H2,1H3,(H,26,28). The van der Waals surface area contributed by atoms with E-state index in [1.54, 1.807) is 6.26 Å². The lowest BCUT2D eigenvalue weighted by molar-refractivity contribution is -0.124. The van der Waals surface area contributed by atoms with Crippen molar-refractivity contribution in [3.8, 4) is 0 Å². The summed E-state index contributed by atoms with van der Waals surface area (Å²) in [5.74, 6) is -0.0159. The fraction of sp³-hybridized carbons (Fsp3) is 0.320. The molecule has 0 atom stereocenters. The second-order valence-electron chi connectivity index (χ2n) is 7.65. The number of amides is 1. The normalized spacial score (nSPS) is 14.4. The highest BCUT2D eigenvalue weighted by molar-refractivity contribution is 6.07. The van der Waals surface area contributed by atoms with Crippen molar-refractivity contribution in [1.29, 1.82) is 0 Å². The van der Waals surface area contributed by atoms with Gasteiger partial charge in [-0.15, -0.1) is 0 Å². The van der Waals surface area contributed by atoms with E-state index in [4.69, 9.17) is 14.1 Å². The van der Waals surface area contributed by atoms with Crippen LogP contribution >= 0.6 is 0 Å². The quantitative estimate of drug-likeness (QED) is 0.441. The van der Waals surface area contributed by atoms with Gasteiger partial charge in [0.25, 0.3) is 5.91 Å². The molecule has 6 heteroatoms. The third kappa shape index (κ3) is 4.68. The second kappa shape index (κ2) is 9.60. The van der Waals surface area contributed by atoms with Crippen molar-refractivity contribution in [2.24, 2.45) is 0 Å². The van der Waals surface area contributed by atoms with Crippen LogP contribution < -0.4 is 5.32 Å². The Morgan fingerprint density at radius 2 is 2.06 bits per heavy atom. The maximum atomic E-state index is 13.1. The van der Waals surface area contributed by atoms with Gasteiger partial charge in [0.2, 0.25) is 0 Å². The Bertz CT molecular complexity index is 1120. The average molecular weight is 418 g/mol. The Morgan fingerprint density at radius 3 is 2.87 bits per heavy atom. The van der Waals surface area contributed by atoms with Gasteiger partial charge in [0.05, 0.1) is 23.0 Å². The van der Waals surface area contributed by atoms with Crippen LogP contribution in [0.4, 0.5) is 0 Å². The lowest BCUT2D eigenvalue weighted by Gasteiger charge is -2.22. The molecule has 0 unspecified atom stereocenters. The summed E-state index contributed by atoms with van der Waals surface area (Å²) < 4.78 is 10.9. The predicted molar refractivity (Wildman–Crippen MR) is 119 cm³/mol. The molecule has 2 heterocycles. The first kappa shape index (κ1) is 20.8. The number of benzene rings is 1. The van der Waals surface area contributed by atoms with E-state index in [1.807, 2.05) is 42.5 Å². The molecule has 1 aliphatic rings. The molecule has 1 aliphatic carbocycles. The Kier molecular flexibility index (Phi) is 6.46. The van der Waals surface area contributed by atoms with Crippen molar-refractivity contribution < 1.29 is 18.7 Å². The van der Waals surface area contributed by atoms with E-state index in [2.05, 4.69) is 12.2 Å². The molecule has 31 heavy (non-hydrogen) atoms. The fourth-order valence-electron chi connectivity index (χ4n) is 3.91. The molecule has 0 spiro atoms. The summed E-state index contributed by atoms with van der Waals surface area (Å²) in [5, 5.41) is 3.52. The Morgan fingerprint density at radius 1 is 1.19 bits per heavy atom. The van der Waals surface area contributed by atoms with Gasteiger partial charge in [0, 0.05) is 11.9 Å². The first-order valence-corrected chi connectivity index (χ1v) is 10.8. The monoisotopic (exact) mass is 418 g/mol. The number of nitrogens with zero attached hydrogens (tertiary/aromatic N) is 1. The molecule has 0 radical (unpaired) electrons. The number of ether oxygens (including phenoxy) is 1. The number of unbranched alkanes of at least 4 members (excludes halogenated alkanes) is 1. The number of furan rings is 1. The minimum absolute atomic E-state index is 0.285. The molecule has 4 rings (SSSR count). The molecule has 1 aromatic carbocycles. The van der Waals surface area contributed by atoms with E-state index >= 15 is 0 Å². The van der Waals surface area contributed by atoms with Gasteiger partial charge >= 0.3 is 5.97 Å². The van der Waals surface area contributed by atoms with E-state index in [1.165, 1.54) is 0 Å². The number of para-hydroxylation sites is 1. The average Bonchev–Trinajstić information content (AvgIpc) is 3.29. The van der Waals surface area contributed by atoms with Crippen molar-refractivity contribution in [2.45, 2.75) is 39.0 Å². The molecule has 1 N–H and O–H groups in total. The van der Waals surface area contributed by atoms with Crippen LogP contribution in [0, 0.1) is 0 Å². The van der Waals surface area contributed by atoms with Gasteiger partial charge in [-0.1, -0.05) is 31.5 Å². The number of carbonyl (C=O) groups excluding carboxylic acids is 2. The number of aromatic nitrogens is 1. The summed E-state index contributed by atoms with van der Waals surface area (Å²) in [6.07, 6.45) is 7.99. The Labute approximate surface area is 181 Å². The predicted octanol–water partition coefficient (Wildman–Crippen LogP) is 4.78. The summed E-state index contributed by atoms with van der Waals surface area (Å²) in [5.41, 5.74) is 3.95. The topological polar surface area (TPSA) is 81.4 Å². The van der Waals surface area contributed by atoms with E-state index in [0.29, 0.717) is 12.1 Å². The van der Waals surface area contributed by atoms with Gasteiger partial charge in [-0.25, -0.2) is 9.78 Å². The lowest BCUT2D eigenvalue weighted by Crippen LogP contribution is -2.30. The van der Waals surface area contributed by atoms with Crippen molar-refractivity contribution in [3.05, 3.63) is 65.2 Å². The number of rotatable bonds is 7. The molecule has 0 bridgehead atoms. The summed E-state index contributed by atoms with van der Waals surface area (Å²) in [7, 11) is 0. The van der Waals surface area contributed by atoms with Crippen LogP contribution in [0.3, 0.4) is 0 Å². The van der Waals surface area contributed by atoms with E-state index in [-0.39, 0.29) is 12.5 Å². The van der Waals surface area contributed by atoms with Crippen molar-refractivity contribution in [2.75, 3.05) is 13.2 Å². The van der Waals surface area contributed by atoms with Crippen molar-refractivity contribution in [3.63, 3.8) is 0 Å². The smallest absolute Gasteiger partial charge is 0.339 e.